The Balaban J connectivity index is 2.12. The quantitative estimate of drug-likeness (QED) is 0.578. The molecule has 24 heavy (non-hydrogen) atoms. The number of methoxy groups -OCH3 is 1. The molecule has 10 nitrogen and oxygen atoms in total. The number of rotatable bonds is 7. The second kappa shape index (κ2) is 7.22. The summed E-state index contributed by atoms with van der Waals surface area (Å²) < 4.78 is 6.38. The minimum Gasteiger partial charge on any atom is -0.494 e. The first kappa shape index (κ1) is 16.9. The Bertz CT molecular complexity index is 785. The number of aliphatic carboxylic acids is 1. The van der Waals surface area contributed by atoms with E-state index in [0.717, 1.165) is 0 Å². The van der Waals surface area contributed by atoms with Gasteiger partial charge in [0.15, 0.2) is 5.69 Å². The van der Waals surface area contributed by atoms with Crippen molar-refractivity contribution in [2.75, 3.05) is 12.4 Å². The van der Waals surface area contributed by atoms with Crippen LogP contribution in [0.1, 0.15) is 16.9 Å². The second-order valence-electron chi connectivity index (χ2n) is 4.70. The monoisotopic (exact) mass is 334 g/mol. The number of aromatic nitrogens is 2. The highest BCUT2D eigenvalue weighted by Crippen LogP contribution is 2.29. The largest absolute Gasteiger partial charge is 0.494 e. The normalized spacial score (nSPS) is 10.2. The molecule has 1 aromatic carbocycles. The fraction of sp³-hybridized carbons (Fsp3) is 0.214. The third kappa shape index (κ3) is 4.06. The molecule has 2 N–H and O–H groups in total. The number of ether oxygens (including phenoxy) is 1. The standard InChI is InChI=1S/C14H14N4O6/c1-24-12-8-9(18(22)23)2-3-10(12)15-14(21)11-4-6-17(16-11)7-5-13(19)20/h2-4,6,8H,5,7H2,1H3,(H,15,21)(H,19,20). The molecule has 1 aromatic heterocycles. The number of amides is 1. The summed E-state index contributed by atoms with van der Waals surface area (Å²) in [6, 6.07) is 5.23. The van der Waals surface area contributed by atoms with E-state index in [1.165, 1.54) is 42.3 Å². The van der Waals surface area contributed by atoms with Crippen LogP contribution < -0.4 is 10.1 Å². The molecule has 10 heteroatoms. The summed E-state index contributed by atoms with van der Waals surface area (Å²) in [6.07, 6.45) is 1.38. The molecule has 0 aliphatic rings. The highest BCUT2D eigenvalue weighted by Gasteiger charge is 2.16. The lowest BCUT2D eigenvalue weighted by Crippen LogP contribution is -2.14. The number of nitro groups is 1. The highest BCUT2D eigenvalue weighted by atomic mass is 16.6. The fourth-order valence-electron chi connectivity index (χ4n) is 1.90. The molecule has 0 atom stereocenters. The molecule has 0 bridgehead atoms. The fourth-order valence-corrected chi connectivity index (χ4v) is 1.90. The van der Waals surface area contributed by atoms with Crippen LogP contribution in [-0.4, -0.2) is 38.8 Å². The van der Waals surface area contributed by atoms with Crippen molar-refractivity contribution in [1.29, 1.82) is 0 Å². The Labute approximate surface area is 135 Å². The lowest BCUT2D eigenvalue weighted by molar-refractivity contribution is -0.384. The number of nitro benzene ring substituents is 1. The zero-order chi connectivity index (χ0) is 17.7. The molecule has 0 spiro atoms. The number of non-ortho nitro benzene ring substituents is 1. The maximum atomic E-state index is 12.2. The molecular weight excluding hydrogens is 320 g/mol. The van der Waals surface area contributed by atoms with Crippen molar-refractivity contribution >= 4 is 23.3 Å². The van der Waals surface area contributed by atoms with Crippen molar-refractivity contribution in [1.82, 2.24) is 9.78 Å². The molecule has 0 saturated carbocycles. The van der Waals surface area contributed by atoms with E-state index in [1.54, 1.807) is 0 Å². The lowest BCUT2D eigenvalue weighted by atomic mass is 10.2. The van der Waals surface area contributed by atoms with Gasteiger partial charge in [0.2, 0.25) is 0 Å². The maximum absolute atomic E-state index is 12.2. The van der Waals surface area contributed by atoms with Crippen molar-refractivity contribution in [3.8, 4) is 5.75 Å². The Morgan fingerprint density at radius 2 is 2.17 bits per heavy atom. The summed E-state index contributed by atoms with van der Waals surface area (Å²) in [7, 11) is 1.33. The minimum atomic E-state index is -0.966. The van der Waals surface area contributed by atoms with E-state index >= 15 is 0 Å². The van der Waals surface area contributed by atoms with Crippen molar-refractivity contribution in [2.24, 2.45) is 0 Å². The summed E-state index contributed by atoms with van der Waals surface area (Å²) in [5, 5.41) is 25.9. The van der Waals surface area contributed by atoms with E-state index in [2.05, 4.69) is 10.4 Å². The zero-order valence-electron chi connectivity index (χ0n) is 12.6. The Morgan fingerprint density at radius 1 is 1.42 bits per heavy atom. The number of benzene rings is 1. The number of carbonyl (C=O) groups is 2. The number of aryl methyl sites for hydroxylation is 1. The minimum absolute atomic E-state index is 0.0841. The number of anilines is 1. The average molecular weight is 334 g/mol. The van der Waals surface area contributed by atoms with Gasteiger partial charge < -0.3 is 15.2 Å². The van der Waals surface area contributed by atoms with Crippen molar-refractivity contribution in [2.45, 2.75) is 13.0 Å². The van der Waals surface area contributed by atoms with Crippen LogP contribution >= 0.6 is 0 Å². The molecule has 0 unspecified atom stereocenters. The number of nitrogens with one attached hydrogen (secondary N) is 1. The van der Waals surface area contributed by atoms with Gasteiger partial charge in [-0.15, -0.1) is 0 Å². The Hall–Kier alpha value is -3.43. The molecule has 2 rings (SSSR count). The molecular formula is C14H14N4O6. The van der Waals surface area contributed by atoms with Gasteiger partial charge in [-0.05, 0) is 12.1 Å². The van der Waals surface area contributed by atoms with E-state index in [4.69, 9.17) is 9.84 Å². The molecule has 0 aliphatic heterocycles. The molecule has 1 heterocycles. The summed E-state index contributed by atoms with van der Waals surface area (Å²) in [5.41, 5.74) is 0.178. The van der Waals surface area contributed by atoms with Gasteiger partial charge in [0.05, 0.1) is 36.8 Å². The van der Waals surface area contributed by atoms with Crippen LogP contribution in [0.3, 0.4) is 0 Å². The van der Waals surface area contributed by atoms with Crippen LogP contribution in [0.25, 0.3) is 0 Å². The van der Waals surface area contributed by atoms with Gasteiger partial charge in [0, 0.05) is 12.3 Å². The van der Waals surface area contributed by atoms with E-state index in [9.17, 15) is 19.7 Å². The van der Waals surface area contributed by atoms with Crippen LogP contribution in [0.5, 0.6) is 5.75 Å². The molecule has 0 saturated heterocycles. The van der Waals surface area contributed by atoms with Crippen LogP contribution in [0.4, 0.5) is 11.4 Å². The van der Waals surface area contributed by atoms with Gasteiger partial charge in [-0.3, -0.25) is 24.4 Å². The average Bonchev–Trinajstić information content (AvgIpc) is 3.02. The molecule has 0 aliphatic carbocycles. The number of carboxylic acids is 1. The van der Waals surface area contributed by atoms with Crippen LogP contribution in [-0.2, 0) is 11.3 Å². The Kier molecular flexibility index (Phi) is 5.09. The van der Waals surface area contributed by atoms with Gasteiger partial charge in [-0.1, -0.05) is 0 Å². The van der Waals surface area contributed by atoms with E-state index in [-0.39, 0.29) is 35.8 Å². The number of carbonyl (C=O) groups excluding carboxylic acids is 1. The zero-order valence-corrected chi connectivity index (χ0v) is 12.6. The van der Waals surface area contributed by atoms with Crippen LogP contribution in [0.15, 0.2) is 30.5 Å². The molecule has 2 aromatic rings. The third-order valence-electron chi connectivity index (χ3n) is 3.07. The van der Waals surface area contributed by atoms with Gasteiger partial charge in [0.1, 0.15) is 5.75 Å². The highest BCUT2D eigenvalue weighted by molar-refractivity contribution is 6.03. The van der Waals surface area contributed by atoms with Gasteiger partial charge in [-0.25, -0.2) is 0 Å². The van der Waals surface area contributed by atoms with E-state index < -0.39 is 16.8 Å². The second-order valence-corrected chi connectivity index (χ2v) is 4.70. The van der Waals surface area contributed by atoms with Gasteiger partial charge in [0.25, 0.3) is 11.6 Å². The van der Waals surface area contributed by atoms with Crippen molar-refractivity contribution < 1.29 is 24.4 Å². The summed E-state index contributed by atoms with van der Waals surface area (Å²) >= 11 is 0. The predicted molar refractivity (Wildman–Crippen MR) is 82.1 cm³/mol. The van der Waals surface area contributed by atoms with Gasteiger partial charge in [-0.2, -0.15) is 5.10 Å². The van der Waals surface area contributed by atoms with Crippen LogP contribution in [0.2, 0.25) is 0 Å². The lowest BCUT2D eigenvalue weighted by Gasteiger charge is -2.08. The summed E-state index contributed by atoms with van der Waals surface area (Å²) in [6.45, 7) is 0.142. The van der Waals surface area contributed by atoms with E-state index in [1.807, 2.05) is 0 Å². The summed E-state index contributed by atoms with van der Waals surface area (Å²) in [5.74, 6) is -1.37. The van der Waals surface area contributed by atoms with Crippen molar-refractivity contribution in [3.05, 3.63) is 46.3 Å². The predicted octanol–water partition coefficient (Wildman–Crippen LogP) is 1.53. The topological polar surface area (TPSA) is 137 Å². The van der Waals surface area contributed by atoms with Gasteiger partial charge >= 0.3 is 5.97 Å². The van der Waals surface area contributed by atoms with E-state index in [0.29, 0.717) is 0 Å². The summed E-state index contributed by atoms with van der Waals surface area (Å²) in [4.78, 5) is 32.9. The Morgan fingerprint density at radius 3 is 2.79 bits per heavy atom. The maximum Gasteiger partial charge on any atom is 0.305 e. The number of carboxylic acid groups (broad SMARTS) is 1. The first-order chi connectivity index (χ1) is 11.4. The van der Waals surface area contributed by atoms with Crippen LogP contribution in [0, 0.1) is 10.1 Å². The molecule has 1 amide bonds. The molecule has 0 radical (unpaired) electrons. The SMILES string of the molecule is COc1cc([N+](=O)[O-])ccc1NC(=O)c1ccn(CCC(=O)O)n1. The number of hydrogen-bond acceptors (Lipinski definition) is 6. The first-order valence-electron chi connectivity index (χ1n) is 6.79. The first-order valence-corrected chi connectivity index (χ1v) is 6.79. The number of nitrogens with zero attached hydrogens (tertiary/aromatic N) is 3. The number of hydrogen-bond donors (Lipinski definition) is 2. The smallest absolute Gasteiger partial charge is 0.305 e. The molecule has 126 valence electrons. The molecule has 0 fully saturated rings. The van der Waals surface area contributed by atoms with Crippen molar-refractivity contribution in [3.63, 3.8) is 0 Å². The third-order valence-corrected chi connectivity index (χ3v) is 3.07.